The second-order valence-corrected chi connectivity index (χ2v) is 8.16. The van der Waals surface area contributed by atoms with Gasteiger partial charge < -0.3 is 20.2 Å². The molecule has 1 saturated heterocycles. The standard InChI is InChI=1S/C25H23F2N5O3/c26-19-2-3-20(28)23(27)22(19)24(33)18-14-31-25-17(18)11-16(13-30-25)15-1-4-21(29-12-15)35-10-7-32-5-8-34-9-6-32/h1-4,11-14H,5-10,28H2,(H,30,31). The molecule has 10 heteroatoms. The van der Waals surface area contributed by atoms with Crippen molar-refractivity contribution in [2.24, 2.45) is 0 Å². The van der Waals surface area contributed by atoms with E-state index in [4.69, 9.17) is 15.2 Å². The summed E-state index contributed by atoms with van der Waals surface area (Å²) >= 11 is 0. The van der Waals surface area contributed by atoms with E-state index in [1.54, 1.807) is 24.5 Å². The minimum absolute atomic E-state index is 0.0915. The van der Waals surface area contributed by atoms with Crippen molar-refractivity contribution in [3.05, 3.63) is 71.7 Å². The lowest BCUT2D eigenvalue weighted by atomic mass is 10.00. The number of hydrogen-bond donors (Lipinski definition) is 2. The van der Waals surface area contributed by atoms with Gasteiger partial charge >= 0.3 is 0 Å². The molecule has 3 aromatic heterocycles. The first-order valence-corrected chi connectivity index (χ1v) is 11.2. The molecular weight excluding hydrogens is 456 g/mol. The summed E-state index contributed by atoms with van der Waals surface area (Å²) in [4.78, 5) is 26.9. The number of rotatable bonds is 7. The van der Waals surface area contributed by atoms with Crippen LogP contribution in [0.5, 0.6) is 5.88 Å². The molecule has 4 heterocycles. The zero-order valence-electron chi connectivity index (χ0n) is 18.8. The number of aromatic nitrogens is 3. The molecule has 1 fully saturated rings. The van der Waals surface area contributed by atoms with Crippen molar-refractivity contribution < 1.29 is 23.0 Å². The number of ether oxygens (including phenoxy) is 2. The summed E-state index contributed by atoms with van der Waals surface area (Å²) in [6, 6.07) is 7.38. The maximum atomic E-state index is 14.4. The normalized spacial score (nSPS) is 14.3. The third kappa shape index (κ3) is 4.71. The molecule has 0 aliphatic carbocycles. The van der Waals surface area contributed by atoms with Crippen LogP contribution in [0.2, 0.25) is 0 Å². The van der Waals surface area contributed by atoms with Gasteiger partial charge in [-0.1, -0.05) is 0 Å². The number of pyridine rings is 2. The maximum Gasteiger partial charge on any atom is 0.213 e. The minimum Gasteiger partial charge on any atom is -0.476 e. The predicted octanol–water partition coefficient (Wildman–Crippen LogP) is 3.43. The highest BCUT2D eigenvalue weighted by molar-refractivity contribution is 6.16. The molecular formula is C25H23F2N5O3. The first kappa shape index (κ1) is 22.9. The quantitative estimate of drug-likeness (QED) is 0.309. The number of nitrogen functional groups attached to an aromatic ring is 1. The molecule has 0 unspecified atom stereocenters. The van der Waals surface area contributed by atoms with Crippen LogP contribution < -0.4 is 10.5 Å². The number of fused-ring (bicyclic) bond motifs is 1. The van der Waals surface area contributed by atoms with E-state index in [9.17, 15) is 13.6 Å². The lowest BCUT2D eigenvalue weighted by Crippen LogP contribution is -2.38. The first-order chi connectivity index (χ1) is 17.0. The van der Waals surface area contributed by atoms with Gasteiger partial charge in [0.05, 0.1) is 24.5 Å². The second-order valence-electron chi connectivity index (χ2n) is 8.16. The summed E-state index contributed by atoms with van der Waals surface area (Å²) in [7, 11) is 0. The summed E-state index contributed by atoms with van der Waals surface area (Å²) in [6.45, 7) is 4.58. The minimum atomic E-state index is -1.08. The van der Waals surface area contributed by atoms with Gasteiger partial charge in [0.2, 0.25) is 11.7 Å². The van der Waals surface area contributed by atoms with Crippen LogP contribution in [0.15, 0.2) is 48.9 Å². The van der Waals surface area contributed by atoms with Crippen LogP contribution in [-0.2, 0) is 4.74 Å². The number of carbonyl (C=O) groups is 1. The Hall–Kier alpha value is -3.89. The highest BCUT2D eigenvalue weighted by Gasteiger charge is 2.24. The van der Waals surface area contributed by atoms with Crippen LogP contribution in [0.3, 0.4) is 0 Å². The summed E-state index contributed by atoms with van der Waals surface area (Å²) in [5.41, 5.74) is 6.48. The molecule has 180 valence electrons. The van der Waals surface area contributed by atoms with Gasteiger partial charge in [0.1, 0.15) is 18.1 Å². The number of ketones is 1. The van der Waals surface area contributed by atoms with Crippen LogP contribution in [0.4, 0.5) is 14.5 Å². The number of anilines is 1. The van der Waals surface area contributed by atoms with Crippen LogP contribution in [-0.4, -0.2) is 65.1 Å². The van der Waals surface area contributed by atoms with Gasteiger partial charge in [-0.3, -0.25) is 9.69 Å². The molecule has 0 spiro atoms. The average Bonchev–Trinajstić information content (AvgIpc) is 3.31. The fourth-order valence-electron chi connectivity index (χ4n) is 4.00. The van der Waals surface area contributed by atoms with E-state index in [1.807, 2.05) is 6.07 Å². The average molecular weight is 479 g/mol. The number of hydrogen-bond acceptors (Lipinski definition) is 7. The van der Waals surface area contributed by atoms with Gasteiger partial charge in [-0.2, -0.15) is 0 Å². The lowest BCUT2D eigenvalue weighted by molar-refractivity contribution is 0.0320. The number of H-pyrrole nitrogens is 1. The van der Waals surface area contributed by atoms with Crippen LogP contribution >= 0.6 is 0 Å². The Kier molecular flexibility index (Phi) is 6.39. The molecule has 4 aromatic rings. The molecule has 0 saturated carbocycles. The van der Waals surface area contributed by atoms with E-state index in [0.29, 0.717) is 29.1 Å². The summed E-state index contributed by atoms with van der Waals surface area (Å²) in [6.07, 6.45) is 4.67. The molecule has 1 aromatic carbocycles. The van der Waals surface area contributed by atoms with Crippen molar-refractivity contribution in [1.29, 1.82) is 0 Å². The molecule has 0 atom stereocenters. The van der Waals surface area contributed by atoms with Gasteiger partial charge in [-0.15, -0.1) is 0 Å². The van der Waals surface area contributed by atoms with E-state index in [-0.39, 0.29) is 11.3 Å². The van der Waals surface area contributed by atoms with Crippen molar-refractivity contribution in [1.82, 2.24) is 19.9 Å². The maximum absolute atomic E-state index is 14.4. The Labute approximate surface area is 199 Å². The van der Waals surface area contributed by atoms with Crippen molar-refractivity contribution in [3.63, 3.8) is 0 Å². The first-order valence-electron chi connectivity index (χ1n) is 11.2. The smallest absolute Gasteiger partial charge is 0.213 e. The number of aromatic amines is 1. The molecule has 35 heavy (non-hydrogen) atoms. The Bertz CT molecular complexity index is 1370. The summed E-state index contributed by atoms with van der Waals surface area (Å²) < 4.78 is 39.8. The van der Waals surface area contributed by atoms with Crippen LogP contribution in [0.25, 0.3) is 22.2 Å². The van der Waals surface area contributed by atoms with Gasteiger partial charge in [-0.25, -0.2) is 18.7 Å². The zero-order chi connectivity index (χ0) is 24.4. The Morgan fingerprint density at radius 2 is 1.91 bits per heavy atom. The lowest BCUT2D eigenvalue weighted by Gasteiger charge is -2.26. The molecule has 1 aliphatic heterocycles. The number of morpholine rings is 1. The van der Waals surface area contributed by atoms with Gasteiger partial charge in [0.25, 0.3) is 0 Å². The molecule has 3 N–H and O–H groups in total. The molecule has 8 nitrogen and oxygen atoms in total. The SMILES string of the molecule is Nc1ccc(F)c(C(=O)c2c[nH]c3ncc(-c4ccc(OCCN5CCOCC5)nc4)cc23)c1F. The van der Waals surface area contributed by atoms with E-state index in [1.165, 1.54) is 6.20 Å². The highest BCUT2D eigenvalue weighted by atomic mass is 19.1. The molecule has 5 rings (SSSR count). The van der Waals surface area contributed by atoms with Gasteiger partial charge in [0, 0.05) is 66.4 Å². The fraction of sp³-hybridized carbons (Fsp3) is 0.240. The monoisotopic (exact) mass is 479 g/mol. The zero-order valence-corrected chi connectivity index (χ0v) is 18.8. The Morgan fingerprint density at radius 3 is 2.69 bits per heavy atom. The number of halogens is 2. The number of benzene rings is 1. The third-order valence-corrected chi connectivity index (χ3v) is 5.95. The highest BCUT2D eigenvalue weighted by Crippen LogP contribution is 2.28. The van der Waals surface area contributed by atoms with Crippen molar-refractivity contribution in [3.8, 4) is 17.0 Å². The summed E-state index contributed by atoms with van der Waals surface area (Å²) in [5, 5.41) is 0.430. The van der Waals surface area contributed by atoms with E-state index >= 15 is 0 Å². The van der Waals surface area contributed by atoms with Crippen molar-refractivity contribution in [2.45, 2.75) is 0 Å². The number of carbonyl (C=O) groups excluding carboxylic acids is 1. The molecule has 1 aliphatic rings. The number of nitrogens with two attached hydrogens (primary N) is 1. The van der Waals surface area contributed by atoms with E-state index in [0.717, 1.165) is 50.5 Å². The largest absolute Gasteiger partial charge is 0.476 e. The Morgan fingerprint density at radius 1 is 1.11 bits per heavy atom. The van der Waals surface area contributed by atoms with Gasteiger partial charge in [0.15, 0.2) is 5.82 Å². The van der Waals surface area contributed by atoms with Gasteiger partial charge in [-0.05, 0) is 24.3 Å². The third-order valence-electron chi connectivity index (χ3n) is 5.95. The van der Waals surface area contributed by atoms with Crippen molar-refractivity contribution in [2.75, 3.05) is 45.2 Å². The predicted molar refractivity (Wildman–Crippen MR) is 126 cm³/mol. The molecule has 0 amide bonds. The van der Waals surface area contributed by atoms with E-state index < -0.39 is 23.0 Å². The number of nitrogens with zero attached hydrogens (tertiary/aromatic N) is 3. The summed E-state index contributed by atoms with van der Waals surface area (Å²) in [5.74, 6) is -2.38. The fourth-order valence-corrected chi connectivity index (χ4v) is 4.00. The van der Waals surface area contributed by atoms with Crippen LogP contribution in [0, 0.1) is 11.6 Å². The van der Waals surface area contributed by atoms with Crippen LogP contribution in [0.1, 0.15) is 15.9 Å². The molecule has 0 radical (unpaired) electrons. The number of nitrogens with one attached hydrogen (secondary N) is 1. The topological polar surface area (TPSA) is 106 Å². The van der Waals surface area contributed by atoms with E-state index in [2.05, 4.69) is 19.9 Å². The van der Waals surface area contributed by atoms with Crippen molar-refractivity contribution >= 4 is 22.5 Å². The Balaban J connectivity index is 1.35. The molecule has 0 bridgehead atoms. The second kappa shape index (κ2) is 9.77.